The maximum Gasteiger partial charge on any atom is 0.255 e. The van der Waals surface area contributed by atoms with E-state index in [0.717, 1.165) is 5.56 Å². The van der Waals surface area contributed by atoms with Gasteiger partial charge in [-0.05, 0) is 55.8 Å². The Hall–Kier alpha value is -3.20. The molecule has 0 aliphatic carbocycles. The van der Waals surface area contributed by atoms with Crippen LogP contribution < -0.4 is 10.1 Å². The molecule has 1 aliphatic heterocycles. The molecule has 0 aromatic heterocycles. The molecule has 1 N–H and O–H groups in total. The highest BCUT2D eigenvalue weighted by Gasteiger charge is 2.28. The second-order valence-electron chi connectivity index (χ2n) is 8.84. The van der Waals surface area contributed by atoms with Crippen LogP contribution in [-0.4, -0.2) is 55.8 Å². The van der Waals surface area contributed by atoms with E-state index in [1.807, 2.05) is 68.4 Å². The van der Waals surface area contributed by atoms with E-state index in [2.05, 4.69) is 10.2 Å². The summed E-state index contributed by atoms with van der Waals surface area (Å²) in [6.45, 7) is 6.84. The standard InChI is InChI=1S/C27H31N3O4S/c1-21(2)34-25-8-6-7-24(19-25)28-27(31)23-13-11-22(12-14-23)20-29-15-17-30(18-16-29)35(32,33)26-9-4-3-5-10-26/h3-14,19,21H,15-18,20H2,1-2H3,(H,28,31). The van der Waals surface area contributed by atoms with Crippen molar-refractivity contribution in [1.29, 1.82) is 0 Å². The van der Waals surface area contributed by atoms with Crippen molar-refractivity contribution in [3.05, 3.63) is 90.0 Å². The highest BCUT2D eigenvalue weighted by Crippen LogP contribution is 2.20. The minimum atomic E-state index is -3.45. The van der Waals surface area contributed by atoms with Crippen molar-refractivity contribution in [2.45, 2.75) is 31.4 Å². The fourth-order valence-electron chi connectivity index (χ4n) is 4.01. The van der Waals surface area contributed by atoms with E-state index in [-0.39, 0.29) is 12.0 Å². The first kappa shape index (κ1) is 24.9. The van der Waals surface area contributed by atoms with Crippen LogP contribution in [0.25, 0.3) is 0 Å². The number of ether oxygens (including phenoxy) is 1. The number of sulfonamides is 1. The van der Waals surface area contributed by atoms with Crippen LogP contribution in [0.2, 0.25) is 0 Å². The van der Waals surface area contributed by atoms with Crippen LogP contribution in [0.4, 0.5) is 5.69 Å². The van der Waals surface area contributed by atoms with Gasteiger partial charge in [-0.1, -0.05) is 36.4 Å². The minimum Gasteiger partial charge on any atom is -0.491 e. The van der Waals surface area contributed by atoms with Crippen LogP contribution in [-0.2, 0) is 16.6 Å². The maximum atomic E-state index is 12.8. The quantitative estimate of drug-likeness (QED) is 0.508. The molecule has 3 aromatic carbocycles. The lowest BCUT2D eigenvalue weighted by atomic mass is 10.1. The van der Waals surface area contributed by atoms with Crippen LogP contribution in [0, 0.1) is 0 Å². The topological polar surface area (TPSA) is 79.0 Å². The van der Waals surface area contributed by atoms with Gasteiger partial charge in [0, 0.05) is 50.0 Å². The fourth-order valence-corrected chi connectivity index (χ4v) is 5.46. The van der Waals surface area contributed by atoms with E-state index in [1.54, 1.807) is 28.6 Å². The molecule has 7 nitrogen and oxygen atoms in total. The lowest BCUT2D eigenvalue weighted by molar-refractivity contribution is 0.102. The summed E-state index contributed by atoms with van der Waals surface area (Å²) in [5.41, 5.74) is 2.33. The van der Waals surface area contributed by atoms with E-state index in [4.69, 9.17) is 4.74 Å². The van der Waals surface area contributed by atoms with Crippen molar-refractivity contribution >= 4 is 21.6 Å². The number of nitrogens with one attached hydrogen (secondary N) is 1. The van der Waals surface area contributed by atoms with Gasteiger partial charge in [0.2, 0.25) is 10.0 Å². The zero-order chi connectivity index (χ0) is 24.8. The lowest BCUT2D eigenvalue weighted by Gasteiger charge is -2.34. The Labute approximate surface area is 207 Å². The molecule has 8 heteroatoms. The number of carbonyl (C=O) groups is 1. The second-order valence-corrected chi connectivity index (χ2v) is 10.8. The molecule has 1 fully saturated rings. The Bertz CT molecular complexity index is 1240. The minimum absolute atomic E-state index is 0.0599. The van der Waals surface area contributed by atoms with Gasteiger partial charge in [-0.25, -0.2) is 8.42 Å². The van der Waals surface area contributed by atoms with Gasteiger partial charge in [0.15, 0.2) is 0 Å². The predicted octanol–water partition coefficient (Wildman–Crippen LogP) is 4.23. The number of hydrogen-bond acceptors (Lipinski definition) is 5. The monoisotopic (exact) mass is 493 g/mol. The summed E-state index contributed by atoms with van der Waals surface area (Å²) >= 11 is 0. The Morgan fingerprint density at radius 3 is 2.26 bits per heavy atom. The van der Waals surface area contributed by atoms with Crippen LogP contribution in [0.1, 0.15) is 29.8 Å². The molecule has 35 heavy (non-hydrogen) atoms. The smallest absolute Gasteiger partial charge is 0.255 e. The molecule has 1 saturated heterocycles. The SMILES string of the molecule is CC(C)Oc1cccc(NC(=O)c2ccc(CN3CCN(S(=O)(=O)c4ccccc4)CC3)cc2)c1. The van der Waals surface area contributed by atoms with Crippen LogP contribution in [0.3, 0.4) is 0 Å². The molecule has 3 aromatic rings. The third-order valence-corrected chi connectivity index (χ3v) is 7.71. The third-order valence-electron chi connectivity index (χ3n) is 5.80. The van der Waals surface area contributed by atoms with Crippen molar-refractivity contribution in [2.75, 3.05) is 31.5 Å². The highest BCUT2D eigenvalue weighted by atomic mass is 32.2. The van der Waals surface area contributed by atoms with Gasteiger partial charge in [0.1, 0.15) is 5.75 Å². The van der Waals surface area contributed by atoms with E-state index in [1.165, 1.54) is 0 Å². The van der Waals surface area contributed by atoms with E-state index < -0.39 is 10.0 Å². The first-order valence-corrected chi connectivity index (χ1v) is 13.2. The van der Waals surface area contributed by atoms with Gasteiger partial charge in [-0.3, -0.25) is 9.69 Å². The van der Waals surface area contributed by atoms with Gasteiger partial charge in [0.05, 0.1) is 11.0 Å². The predicted molar refractivity (Wildman–Crippen MR) is 137 cm³/mol. The highest BCUT2D eigenvalue weighted by molar-refractivity contribution is 7.89. The molecule has 0 spiro atoms. The van der Waals surface area contributed by atoms with Gasteiger partial charge in [-0.2, -0.15) is 4.31 Å². The largest absolute Gasteiger partial charge is 0.491 e. The van der Waals surface area contributed by atoms with E-state index in [9.17, 15) is 13.2 Å². The number of piperazine rings is 1. The number of amides is 1. The molecule has 0 unspecified atom stereocenters. The third kappa shape index (κ3) is 6.48. The summed E-state index contributed by atoms with van der Waals surface area (Å²) in [5.74, 6) is 0.530. The number of anilines is 1. The molecule has 0 bridgehead atoms. The molecule has 184 valence electrons. The van der Waals surface area contributed by atoms with Crippen molar-refractivity contribution in [2.24, 2.45) is 0 Å². The zero-order valence-electron chi connectivity index (χ0n) is 20.1. The average Bonchev–Trinajstić information content (AvgIpc) is 2.85. The number of rotatable bonds is 8. The lowest BCUT2D eigenvalue weighted by Crippen LogP contribution is -2.48. The van der Waals surface area contributed by atoms with Crippen molar-refractivity contribution in [3.8, 4) is 5.75 Å². The van der Waals surface area contributed by atoms with Gasteiger partial charge in [0.25, 0.3) is 5.91 Å². The number of nitrogens with zero attached hydrogens (tertiary/aromatic N) is 2. The Morgan fingerprint density at radius 2 is 1.60 bits per heavy atom. The molecule has 4 rings (SSSR count). The zero-order valence-corrected chi connectivity index (χ0v) is 20.9. The number of hydrogen-bond donors (Lipinski definition) is 1. The number of carbonyl (C=O) groups excluding carboxylic acids is 1. The van der Waals surface area contributed by atoms with Crippen LogP contribution in [0.5, 0.6) is 5.75 Å². The van der Waals surface area contributed by atoms with Gasteiger partial charge < -0.3 is 10.1 Å². The summed E-state index contributed by atoms with van der Waals surface area (Å²) in [6.07, 6.45) is 0.0599. The molecule has 1 heterocycles. The first-order chi connectivity index (χ1) is 16.8. The van der Waals surface area contributed by atoms with Crippen molar-refractivity contribution in [1.82, 2.24) is 9.21 Å². The van der Waals surface area contributed by atoms with Crippen LogP contribution >= 0.6 is 0 Å². The molecule has 1 amide bonds. The maximum absolute atomic E-state index is 12.8. The molecule has 0 saturated carbocycles. The molecular weight excluding hydrogens is 462 g/mol. The molecular formula is C27H31N3O4S. The van der Waals surface area contributed by atoms with E-state index in [0.29, 0.717) is 54.6 Å². The fraction of sp³-hybridized carbons (Fsp3) is 0.296. The molecule has 0 radical (unpaired) electrons. The van der Waals surface area contributed by atoms with Gasteiger partial charge in [-0.15, -0.1) is 0 Å². The van der Waals surface area contributed by atoms with E-state index >= 15 is 0 Å². The van der Waals surface area contributed by atoms with Crippen molar-refractivity contribution in [3.63, 3.8) is 0 Å². The molecule has 1 aliphatic rings. The van der Waals surface area contributed by atoms with Crippen molar-refractivity contribution < 1.29 is 17.9 Å². The normalized spacial score (nSPS) is 15.2. The molecule has 0 atom stereocenters. The summed E-state index contributed by atoms with van der Waals surface area (Å²) < 4.78 is 32.9. The summed E-state index contributed by atoms with van der Waals surface area (Å²) in [4.78, 5) is 15.2. The Kier molecular flexibility index (Phi) is 7.85. The Balaban J connectivity index is 1.30. The van der Waals surface area contributed by atoms with Crippen LogP contribution in [0.15, 0.2) is 83.8 Å². The number of benzene rings is 3. The van der Waals surface area contributed by atoms with Gasteiger partial charge >= 0.3 is 0 Å². The summed E-state index contributed by atoms with van der Waals surface area (Å²) in [6, 6.07) is 23.4. The average molecular weight is 494 g/mol. The Morgan fingerprint density at radius 1 is 0.914 bits per heavy atom. The summed E-state index contributed by atoms with van der Waals surface area (Å²) in [7, 11) is -3.45. The second kappa shape index (κ2) is 11.0. The first-order valence-electron chi connectivity index (χ1n) is 11.8. The summed E-state index contributed by atoms with van der Waals surface area (Å²) in [5, 5.41) is 2.91.